The first-order valence-electron chi connectivity index (χ1n) is 22.7. The van der Waals surface area contributed by atoms with Gasteiger partial charge in [0.05, 0.1) is 39.9 Å². The third-order valence-electron chi connectivity index (χ3n) is 10.2. The number of allylic oxidation sites excluding steroid dienone is 3. The van der Waals surface area contributed by atoms with E-state index in [4.69, 9.17) is 9.05 Å². The number of nitrogens with zero attached hydrogens (tertiary/aromatic N) is 1. The van der Waals surface area contributed by atoms with Crippen LogP contribution in [0.25, 0.3) is 0 Å². The molecule has 0 aliphatic rings. The number of hydrogen-bond acceptors (Lipinski definition) is 6. The molecule has 0 saturated carbocycles. The first-order chi connectivity index (χ1) is 26.0. The van der Waals surface area contributed by atoms with E-state index in [1.54, 1.807) is 6.08 Å². The average molecular weight is 785 g/mol. The number of rotatable bonds is 41. The first kappa shape index (κ1) is 53.0. The fourth-order valence-electron chi connectivity index (χ4n) is 6.52. The molecule has 0 aliphatic carbocycles. The maximum Gasteiger partial charge on any atom is 0.268 e. The van der Waals surface area contributed by atoms with Gasteiger partial charge in [-0.15, -0.1) is 0 Å². The Balaban J connectivity index is 4.37. The molecule has 0 saturated heterocycles. The number of carbonyl (C=O) groups is 1. The highest BCUT2D eigenvalue weighted by Gasteiger charge is 2.23. The molecule has 3 atom stereocenters. The van der Waals surface area contributed by atoms with Crippen molar-refractivity contribution in [2.75, 3.05) is 40.9 Å². The zero-order valence-corrected chi connectivity index (χ0v) is 37.1. The maximum absolute atomic E-state index is 12.8. The van der Waals surface area contributed by atoms with Crippen molar-refractivity contribution in [1.29, 1.82) is 0 Å². The minimum absolute atomic E-state index is 0.00433. The van der Waals surface area contributed by atoms with Gasteiger partial charge in [-0.3, -0.25) is 9.36 Å². The third kappa shape index (κ3) is 39.2. The van der Waals surface area contributed by atoms with Crippen LogP contribution in [0.15, 0.2) is 24.3 Å². The number of amides is 1. The molecule has 54 heavy (non-hydrogen) atoms. The Morgan fingerprint density at radius 3 is 1.50 bits per heavy atom. The largest absolute Gasteiger partial charge is 0.756 e. The summed E-state index contributed by atoms with van der Waals surface area (Å²) in [4.78, 5) is 25.3. The molecule has 8 nitrogen and oxygen atoms in total. The molecule has 0 aromatic rings. The Morgan fingerprint density at radius 1 is 0.630 bits per heavy atom. The summed E-state index contributed by atoms with van der Waals surface area (Å²) >= 11 is 0. The molecule has 0 radical (unpaired) electrons. The quantitative estimate of drug-likeness (QED) is 0.0277. The normalized spacial score (nSPS) is 14.6. The van der Waals surface area contributed by atoms with Gasteiger partial charge >= 0.3 is 0 Å². The number of nitrogens with one attached hydrogen (secondary N) is 1. The second-order valence-electron chi connectivity index (χ2n) is 16.8. The summed E-state index contributed by atoms with van der Waals surface area (Å²) in [5.41, 5.74) is 0. The summed E-state index contributed by atoms with van der Waals surface area (Å²) in [5.74, 6) is -0.206. The van der Waals surface area contributed by atoms with E-state index in [1.807, 2.05) is 27.2 Å². The van der Waals surface area contributed by atoms with E-state index in [0.717, 1.165) is 38.5 Å². The van der Waals surface area contributed by atoms with Crippen LogP contribution in [0.1, 0.15) is 206 Å². The number of likely N-dealkylation sites (N-methyl/N-ethyl adjacent to an activating group) is 1. The molecule has 9 heteroatoms. The standard InChI is InChI=1S/C45H89N2O6P/c1-6-8-10-12-14-16-18-20-21-22-23-24-25-27-29-31-33-35-37-39-45(49)46-43(42-53-54(50,51)52-41-40-47(3,4)5)44(48)38-36-34-32-30-28-26-19-17-15-13-11-9-7-2/h28,30,36,38,43-44,48H,6-27,29,31-35,37,39-42H2,1-5H3,(H-,46,49,50,51)/b30-28+,38-36+/t43-,44+/m1/s1. The van der Waals surface area contributed by atoms with Gasteiger partial charge in [-0.05, 0) is 32.1 Å². The monoisotopic (exact) mass is 785 g/mol. The van der Waals surface area contributed by atoms with Crippen LogP contribution < -0.4 is 10.2 Å². The number of quaternary nitrogens is 1. The molecule has 0 aromatic carbocycles. The topological polar surface area (TPSA) is 108 Å². The molecular weight excluding hydrogens is 695 g/mol. The van der Waals surface area contributed by atoms with E-state index in [9.17, 15) is 19.4 Å². The average Bonchev–Trinajstić information content (AvgIpc) is 3.12. The number of aliphatic hydroxyl groups is 1. The van der Waals surface area contributed by atoms with Gasteiger partial charge in [0, 0.05) is 6.42 Å². The minimum atomic E-state index is -4.59. The van der Waals surface area contributed by atoms with Gasteiger partial charge in [-0.25, -0.2) is 0 Å². The van der Waals surface area contributed by atoms with Crippen LogP contribution in [0.2, 0.25) is 0 Å². The van der Waals surface area contributed by atoms with Gasteiger partial charge in [-0.2, -0.15) is 0 Å². The first-order valence-corrected chi connectivity index (χ1v) is 24.2. The van der Waals surface area contributed by atoms with Gasteiger partial charge in [0.15, 0.2) is 0 Å². The summed E-state index contributed by atoms with van der Waals surface area (Å²) in [5, 5.41) is 13.7. The van der Waals surface area contributed by atoms with Crippen LogP contribution in [0.4, 0.5) is 0 Å². The molecule has 0 bridgehead atoms. The summed E-state index contributed by atoms with van der Waals surface area (Å²) in [6.07, 6.45) is 43.7. The van der Waals surface area contributed by atoms with Crippen molar-refractivity contribution < 1.29 is 32.9 Å². The minimum Gasteiger partial charge on any atom is -0.756 e. The van der Waals surface area contributed by atoms with Crippen LogP contribution in [0, 0.1) is 0 Å². The van der Waals surface area contributed by atoms with E-state index >= 15 is 0 Å². The molecule has 1 amide bonds. The zero-order chi connectivity index (χ0) is 40.0. The molecule has 2 N–H and O–H groups in total. The Kier molecular flexibility index (Phi) is 36.8. The number of aliphatic hydroxyl groups excluding tert-OH is 1. The van der Waals surface area contributed by atoms with Gasteiger partial charge in [0.2, 0.25) is 5.91 Å². The number of phosphoric acid groups is 1. The van der Waals surface area contributed by atoms with Gasteiger partial charge < -0.3 is 28.8 Å². The number of carbonyl (C=O) groups excluding carboxylic acids is 1. The van der Waals surface area contributed by atoms with E-state index in [1.165, 1.54) is 148 Å². The highest BCUT2D eigenvalue weighted by molar-refractivity contribution is 7.45. The summed E-state index contributed by atoms with van der Waals surface area (Å²) in [6.45, 7) is 4.62. The second kappa shape index (κ2) is 37.6. The lowest BCUT2D eigenvalue weighted by Crippen LogP contribution is -2.45. The highest BCUT2D eigenvalue weighted by atomic mass is 31.2. The predicted molar refractivity (Wildman–Crippen MR) is 228 cm³/mol. The van der Waals surface area contributed by atoms with Crippen molar-refractivity contribution in [1.82, 2.24) is 5.32 Å². The van der Waals surface area contributed by atoms with Crippen molar-refractivity contribution in [3.63, 3.8) is 0 Å². The van der Waals surface area contributed by atoms with Crippen molar-refractivity contribution in [3.8, 4) is 0 Å². The molecule has 0 fully saturated rings. The molecule has 0 rings (SSSR count). The lowest BCUT2D eigenvalue weighted by molar-refractivity contribution is -0.870. The lowest BCUT2D eigenvalue weighted by Gasteiger charge is -2.29. The Labute approximate surface area is 334 Å². The third-order valence-corrected chi connectivity index (χ3v) is 11.1. The van der Waals surface area contributed by atoms with Gasteiger partial charge in [-0.1, -0.05) is 192 Å². The Hall–Kier alpha value is -1.02. The van der Waals surface area contributed by atoms with Crippen LogP contribution in [-0.4, -0.2) is 68.5 Å². The number of unbranched alkanes of at least 4 members (excludes halogenated alkanes) is 26. The SMILES string of the molecule is CCCCCCCCC/C=C/CC/C=C/[C@H](O)[C@@H](COP(=O)([O-])OCC[N+](C)(C)C)NC(=O)CCCCCCCCCCCCCCCCCCCCC. The van der Waals surface area contributed by atoms with E-state index in [-0.39, 0.29) is 19.1 Å². The molecule has 1 unspecified atom stereocenters. The van der Waals surface area contributed by atoms with E-state index in [2.05, 4.69) is 31.3 Å². The summed E-state index contributed by atoms with van der Waals surface area (Å²) < 4.78 is 23.2. The lowest BCUT2D eigenvalue weighted by atomic mass is 10.0. The second-order valence-corrected chi connectivity index (χ2v) is 18.2. The van der Waals surface area contributed by atoms with Crippen LogP contribution in [0.3, 0.4) is 0 Å². The fraction of sp³-hybridized carbons (Fsp3) is 0.889. The van der Waals surface area contributed by atoms with Crippen LogP contribution in [-0.2, 0) is 18.4 Å². The zero-order valence-electron chi connectivity index (χ0n) is 36.2. The molecule has 0 aliphatic heterocycles. The van der Waals surface area contributed by atoms with Crippen LogP contribution >= 0.6 is 7.82 Å². The molecule has 0 aromatic heterocycles. The predicted octanol–water partition coefficient (Wildman–Crippen LogP) is 11.9. The van der Waals surface area contributed by atoms with Gasteiger partial charge in [0.1, 0.15) is 13.2 Å². The fourth-order valence-corrected chi connectivity index (χ4v) is 7.24. The van der Waals surface area contributed by atoms with Crippen LogP contribution in [0.5, 0.6) is 0 Å². The smallest absolute Gasteiger partial charge is 0.268 e. The van der Waals surface area contributed by atoms with Crippen molar-refractivity contribution in [2.24, 2.45) is 0 Å². The van der Waals surface area contributed by atoms with Crippen molar-refractivity contribution >= 4 is 13.7 Å². The molecule has 0 heterocycles. The molecule has 320 valence electrons. The Morgan fingerprint density at radius 2 is 1.04 bits per heavy atom. The van der Waals surface area contributed by atoms with E-state index in [0.29, 0.717) is 17.4 Å². The number of hydrogen-bond donors (Lipinski definition) is 2. The van der Waals surface area contributed by atoms with Crippen molar-refractivity contribution in [3.05, 3.63) is 24.3 Å². The maximum atomic E-state index is 12.8. The number of phosphoric ester groups is 1. The summed E-state index contributed by atoms with van der Waals surface area (Å²) in [7, 11) is 1.25. The molecule has 0 spiro atoms. The van der Waals surface area contributed by atoms with Gasteiger partial charge in [0.25, 0.3) is 7.82 Å². The van der Waals surface area contributed by atoms with Crippen molar-refractivity contribution in [2.45, 2.75) is 219 Å². The van der Waals surface area contributed by atoms with E-state index < -0.39 is 20.0 Å². The highest BCUT2D eigenvalue weighted by Crippen LogP contribution is 2.38. The Bertz CT molecular complexity index is 938. The molecular formula is C45H89N2O6P. The summed E-state index contributed by atoms with van der Waals surface area (Å²) in [6, 6.07) is -0.897.